The average Bonchev–Trinajstić information content (AvgIpc) is 2.92. The molecule has 2 rings (SSSR count). The molecule has 1 aromatic carbocycles. The van der Waals surface area contributed by atoms with Crippen molar-refractivity contribution in [3.63, 3.8) is 0 Å². The number of benzene rings is 1. The molecule has 1 aromatic rings. The largest absolute Gasteiger partial charge is 0.495 e. The van der Waals surface area contributed by atoms with Crippen molar-refractivity contribution in [2.24, 2.45) is 0 Å². The van der Waals surface area contributed by atoms with Gasteiger partial charge in [0.05, 0.1) is 12.8 Å². The lowest BCUT2D eigenvalue weighted by molar-refractivity contribution is 0.207. The highest BCUT2D eigenvalue weighted by atomic mass is 16.5. The Morgan fingerprint density at radius 1 is 1.50 bits per heavy atom. The minimum Gasteiger partial charge on any atom is -0.495 e. The lowest BCUT2D eigenvalue weighted by Crippen LogP contribution is -2.41. The van der Waals surface area contributed by atoms with Crippen molar-refractivity contribution in [2.45, 2.75) is 12.5 Å². The predicted molar refractivity (Wildman–Crippen MR) is 71.1 cm³/mol. The lowest BCUT2D eigenvalue weighted by Gasteiger charge is -2.24. The van der Waals surface area contributed by atoms with Gasteiger partial charge in [-0.05, 0) is 25.1 Å². The van der Waals surface area contributed by atoms with Crippen molar-refractivity contribution < 1.29 is 9.53 Å². The molecule has 1 aliphatic heterocycles. The molecule has 98 valence electrons. The van der Waals surface area contributed by atoms with Gasteiger partial charge in [0.15, 0.2) is 0 Å². The van der Waals surface area contributed by atoms with E-state index in [-0.39, 0.29) is 12.1 Å². The summed E-state index contributed by atoms with van der Waals surface area (Å²) in [6, 6.07) is 7.56. The maximum Gasteiger partial charge on any atom is 0.321 e. The second-order valence-corrected chi connectivity index (χ2v) is 4.39. The van der Waals surface area contributed by atoms with Crippen molar-refractivity contribution in [2.75, 3.05) is 32.6 Å². The molecule has 2 amide bonds. The highest BCUT2D eigenvalue weighted by Gasteiger charge is 2.23. The van der Waals surface area contributed by atoms with Crippen molar-refractivity contribution in [3.8, 4) is 5.75 Å². The molecule has 1 fully saturated rings. The van der Waals surface area contributed by atoms with Crippen LogP contribution in [0.2, 0.25) is 0 Å². The van der Waals surface area contributed by atoms with E-state index in [0.717, 1.165) is 19.5 Å². The van der Waals surface area contributed by atoms with Crippen LogP contribution in [-0.4, -0.2) is 44.2 Å². The fraction of sp³-hybridized carbons (Fsp3) is 0.462. The van der Waals surface area contributed by atoms with Crippen LogP contribution in [0.15, 0.2) is 24.3 Å². The normalized spacial score (nSPS) is 18.4. The molecule has 0 radical (unpaired) electrons. The number of likely N-dealkylation sites (N-methyl/N-ethyl adjacent to an activating group) is 1. The Labute approximate surface area is 107 Å². The van der Waals surface area contributed by atoms with Crippen LogP contribution < -0.4 is 15.4 Å². The van der Waals surface area contributed by atoms with Crippen LogP contribution in [0.1, 0.15) is 6.42 Å². The first-order valence-corrected chi connectivity index (χ1v) is 6.10. The van der Waals surface area contributed by atoms with Gasteiger partial charge in [-0.3, -0.25) is 0 Å². The van der Waals surface area contributed by atoms with Crippen LogP contribution in [-0.2, 0) is 0 Å². The van der Waals surface area contributed by atoms with Crippen LogP contribution in [0, 0.1) is 0 Å². The van der Waals surface area contributed by atoms with Crippen molar-refractivity contribution in [3.05, 3.63) is 24.3 Å². The summed E-state index contributed by atoms with van der Waals surface area (Å²) >= 11 is 0. The quantitative estimate of drug-likeness (QED) is 0.854. The molecule has 0 spiro atoms. The Balaban J connectivity index is 2.01. The van der Waals surface area contributed by atoms with E-state index in [1.165, 1.54) is 0 Å². The molecule has 18 heavy (non-hydrogen) atoms. The number of carbonyl (C=O) groups is 1. The number of ether oxygens (including phenoxy) is 1. The third-order valence-corrected chi connectivity index (χ3v) is 3.25. The fourth-order valence-electron chi connectivity index (χ4n) is 2.09. The molecule has 5 heteroatoms. The molecule has 0 aromatic heterocycles. The third kappa shape index (κ3) is 2.73. The molecule has 1 saturated heterocycles. The first kappa shape index (κ1) is 12.7. The summed E-state index contributed by atoms with van der Waals surface area (Å²) in [5, 5.41) is 6.12. The number of hydrogen-bond donors (Lipinski definition) is 2. The Kier molecular flexibility index (Phi) is 4.04. The van der Waals surface area contributed by atoms with Crippen LogP contribution in [0.25, 0.3) is 0 Å². The van der Waals surface area contributed by atoms with Gasteiger partial charge >= 0.3 is 6.03 Å². The Morgan fingerprint density at radius 3 is 2.94 bits per heavy atom. The SMILES string of the molecule is COc1ccccc1NC(=O)N(C)C1CCNC1. The summed E-state index contributed by atoms with van der Waals surface area (Å²) in [4.78, 5) is 13.8. The summed E-state index contributed by atoms with van der Waals surface area (Å²) in [5.74, 6) is 0.670. The summed E-state index contributed by atoms with van der Waals surface area (Å²) < 4.78 is 5.21. The molecule has 0 saturated carbocycles. The molecule has 1 atom stereocenters. The molecule has 1 aliphatic rings. The topological polar surface area (TPSA) is 53.6 Å². The van der Waals surface area contributed by atoms with Crippen molar-refractivity contribution in [1.82, 2.24) is 10.2 Å². The van der Waals surface area contributed by atoms with Gasteiger partial charge < -0.3 is 20.3 Å². The smallest absolute Gasteiger partial charge is 0.321 e. The van der Waals surface area contributed by atoms with E-state index in [0.29, 0.717) is 11.4 Å². The second-order valence-electron chi connectivity index (χ2n) is 4.39. The van der Waals surface area contributed by atoms with E-state index >= 15 is 0 Å². The number of anilines is 1. The number of urea groups is 1. The summed E-state index contributed by atoms with van der Waals surface area (Å²) in [6.07, 6.45) is 0.996. The van der Waals surface area contributed by atoms with Gasteiger partial charge in [-0.15, -0.1) is 0 Å². The number of methoxy groups -OCH3 is 1. The van der Waals surface area contributed by atoms with Crippen LogP contribution in [0.3, 0.4) is 0 Å². The highest BCUT2D eigenvalue weighted by molar-refractivity contribution is 5.91. The molecule has 0 aliphatic carbocycles. The summed E-state index contributed by atoms with van der Waals surface area (Å²) in [5.41, 5.74) is 0.697. The van der Waals surface area contributed by atoms with E-state index in [4.69, 9.17) is 4.74 Å². The van der Waals surface area contributed by atoms with Crippen molar-refractivity contribution in [1.29, 1.82) is 0 Å². The zero-order chi connectivity index (χ0) is 13.0. The standard InChI is InChI=1S/C13H19N3O2/c1-16(10-7-8-14-9-10)13(17)15-11-5-3-4-6-12(11)18-2/h3-6,10,14H,7-9H2,1-2H3,(H,15,17). The van der Waals surface area contributed by atoms with Gasteiger partial charge in [-0.1, -0.05) is 12.1 Å². The maximum atomic E-state index is 12.1. The fourth-order valence-corrected chi connectivity index (χ4v) is 2.09. The molecule has 5 nitrogen and oxygen atoms in total. The van der Waals surface area contributed by atoms with Crippen LogP contribution in [0.4, 0.5) is 10.5 Å². The third-order valence-electron chi connectivity index (χ3n) is 3.25. The number of nitrogens with one attached hydrogen (secondary N) is 2. The van der Waals surface area contributed by atoms with E-state index in [1.807, 2.05) is 31.3 Å². The predicted octanol–water partition coefficient (Wildman–Crippen LogP) is 1.52. The minimum atomic E-state index is -0.104. The highest BCUT2D eigenvalue weighted by Crippen LogP contribution is 2.23. The Hall–Kier alpha value is -1.75. The number of nitrogens with zero attached hydrogens (tertiary/aromatic N) is 1. The number of rotatable bonds is 3. The molecular weight excluding hydrogens is 230 g/mol. The molecule has 1 heterocycles. The van der Waals surface area contributed by atoms with E-state index < -0.39 is 0 Å². The molecular formula is C13H19N3O2. The van der Waals surface area contributed by atoms with E-state index in [2.05, 4.69) is 10.6 Å². The second kappa shape index (κ2) is 5.73. The van der Waals surface area contributed by atoms with Gasteiger partial charge in [0, 0.05) is 19.6 Å². The number of hydrogen-bond acceptors (Lipinski definition) is 3. The van der Waals surface area contributed by atoms with E-state index in [9.17, 15) is 4.79 Å². The van der Waals surface area contributed by atoms with Crippen LogP contribution >= 0.6 is 0 Å². The number of para-hydroxylation sites is 2. The summed E-state index contributed by atoms with van der Waals surface area (Å²) in [7, 11) is 3.41. The zero-order valence-corrected chi connectivity index (χ0v) is 10.8. The Bertz CT molecular complexity index is 416. The van der Waals surface area contributed by atoms with Crippen LogP contribution in [0.5, 0.6) is 5.75 Å². The van der Waals surface area contributed by atoms with Gasteiger partial charge in [0.25, 0.3) is 0 Å². The first-order chi connectivity index (χ1) is 8.72. The first-order valence-electron chi connectivity index (χ1n) is 6.10. The van der Waals surface area contributed by atoms with E-state index in [1.54, 1.807) is 12.0 Å². The minimum absolute atomic E-state index is 0.104. The monoisotopic (exact) mass is 249 g/mol. The van der Waals surface area contributed by atoms with Gasteiger partial charge in [0.2, 0.25) is 0 Å². The van der Waals surface area contributed by atoms with Gasteiger partial charge in [-0.25, -0.2) is 4.79 Å². The molecule has 0 bridgehead atoms. The summed E-state index contributed by atoms with van der Waals surface area (Å²) in [6.45, 7) is 1.83. The molecule has 2 N–H and O–H groups in total. The number of carbonyl (C=O) groups excluding carboxylic acids is 1. The Morgan fingerprint density at radius 2 is 2.28 bits per heavy atom. The number of amides is 2. The van der Waals surface area contributed by atoms with Gasteiger partial charge in [0.1, 0.15) is 5.75 Å². The average molecular weight is 249 g/mol. The zero-order valence-electron chi connectivity index (χ0n) is 10.8. The van der Waals surface area contributed by atoms with Crippen molar-refractivity contribution >= 4 is 11.7 Å². The maximum absolute atomic E-state index is 12.1. The lowest BCUT2D eigenvalue weighted by atomic mass is 10.2. The molecule has 1 unspecified atom stereocenters. The van der Waals surface area contributed by atoms with Gasteiger partial charge in [-0.2, -0.15) is 0 Å².